The van der Waals surface area contributed by atoms with E-state index >= 15 is 0 Å². The van der Waals surface area contributed by atoms with E-state index < -0.39 is 5.82 Å². The van der Waals surface area contributed by atoms with Crippen LogP contribution in [0, 0.1) is 17.1 Å². The van der Waals surface area contributed by atoms with Gasteiger partial charge in [0.2, 0.25) is 0 Å². The van der Waals surface area contributed by atoms with Crippen LogP contribution >= 0.6 is 0 Å². The number of piperidine rings is 1. The number of likely N-dealkylation sites (tertiary alicyclic amines) is 1. The SMILES string of the molecule is Cn1cc2cc(-c3ccc(CN4C[C@]5(N)CC[C@H]4C5)cc3-c3ccc(C#N)c(F)c3)ccc2n1. The van der Waals surface area contributed by atoms with Crippen molar-refractivity contribution in [3.8, 4) is 28.3 Å². The third-order valence-electron chi connectivity index (χ3n) is 7.45. The van der Waals surface area contributed by atoms with Crippen LogP contribution in [0.4, 0.5) is 4.39 Å². The summed E-state index contributed by atoms with van der Waals surface area (Å²) in [7, 11) is 1.91. The first-order valence-electron chi connectivity index (χ1n) is 11.7. The summed E-state index contributed by atoms with van der Waals surface area (Å²) in [6.07, 6.45) is 5.34. The van der Waals surface area contributed by atoms with Gasteiger partial charge in [-0.1, -0.05) is 24.3 Å². The van der Waals surface area contributed by atoms with Crippen molar-refractivity contribution >= 4 is 10.9 Å². The van der Waals surface area contributed by atoms with Gasteiger partial charge in [-0.15, -0.1) is 0 Å². The maximum absolute atomic E-state index is 14.6. The standard InChI is InChI=1S/C28H26FN5/c1-33-16-22-11-19(5-7-27(22)32-33)24-6-2-18(15-34-17-28(31)9-8-23(34)13-28)10-25(24)20-3-4-21(14-30)26(29)12-20/h2-7,10-12,16,23H,8-9,13,15,17,31H2,1H3/t23-,28-/m0/s1. The maximum Gasteiger partial charge on any atom is 0.141 e. The van der Waals surface area contributed by atoms with E-state index in [1.807, 2.05) is 36.1 Å². The monoisotopic (exact) mass is 451 g/mol. The first-order valence-corrected chi connectivity index (χ1v) is 11.7. The Morgan fingerprint density at radius 1 is 1.12 bits per heavy atom. The van der Waals surface area contributed by atoms with Crippen LogP contribution < -0.4 is 5.73 Å². The molecule has 2 bridgehead atoms. The number of rotatable bonds is 4. The summed E-state index contributed by atoms with van der Waals surface area (Å²) in [6, 6.07) is 20.0. The molecule has 2 fully saturated rings. The number of halogens is 1. The van der Waals surface area contributed by atoms with Gasteiger partial charge in [-0.25, -0.2) is 4.39 Å². The highest BCUT2D eigenvalue weighted by Crippen LogP contribution is 2.41. The predicted molar refractivity (Wildman–Crippen MR) is 131 cm³/mol. The third kappa shape index (κ3) is 3.58. The molecule has 170 valence electrons. The number of benzene rings is 3. The molecule has 4 aromatic rings. The van der Waals surface area contributed by atoms with Crippen molar-refractivity contribution in [1.29, 1.82) is 5.26 Å². The molecule has 2 aliphatic rings. The second-order valence-electron chi connectivity index (χ2n) is 9.93. The minimum atomic E-state index is -0.499. The van der Waals surface area contributed by atoms with Gasteiger partial charge in [0.15, 0.2) is 0 Å². The number of aryl methyl sites for hydroxylation is 1. The molecule has 0 unspecified atom stereocenters. The molecule has 0 amide bonds. The minimum absolute atomic E-state index is 0.0389. The van der Waals surface area contributed by atoms with Crippen LogP contribution in [0.3, 0.4) is 0 Å². The number of nitriles is 1. The van der Waals surface area contributed by atoms with Crippen molar-refractivity contribution in [3.05, 3.63) is 77.7 Å². The Morgan fingerprint density at radius 3 is 2.68 bits per heavy atom. The van der Waals surface area contributed by atoms with Gasteiger partial charge >= 0.3 is 0 Å². The molecule has 1 aliphatic heterocycles. The van der Waals surface area contributed by atoms with Crippen LogP contribution in [0.25, 0.3) is 33.2 Å². The zero-order chi connectivity index (χ0) is 23.4. The molecule has 0 spiro atoms. The lowest BCUT2D eigenvalue weighted by molar-refractivity contribution is 0.195. The van der Waals surface area contributed by atoms with Crippen LogP contribution in [-0.2, 0) is 13.6 Å². The molecule has 0 radical (unpaired) electrons. The van der Waals surface area contributed by atoms with E-state index in [2.05, 4.69) is 40.3 Å². The van der Waals surface area contributed by atoms with Gasteiger partial charge in [-0.2, -0.15) is 10.4 Å². The van der Waals surface area contributed by atoms with E-state index in [0.717, 1.165) is 65.5 Å². The highest BCUT2D eigenvalue weighted by atomic mass is 19.1. The number of fused-ring (bicyclic) bond motifs is 3. The summed E-state index contributed by atoms with van der Waals surface area (Å²) < 4.78 is 16.4. The van der Waals surface area contributed by atoms with Crippen molar-refractivity contribution in [2.45, 2.75) is 37.4 Å². The van der Waals surface area contributed by atoms with Crippen LogP contribution in [0.2, 0.25) is 0 Å². The second-order valence-corrected chi connectivity index (χ2v) is 9.93. The number of hydrogen-bond acceptors (Lipinski definition) is 4. The average molecular weight is 452 g/mol. The maximum atomic E-state index is 14.6. The molecule has 1 saturated carbocycles. The topological polar surface area (TPSA) is 70.9 Å². The number of nitrogens with zero attached hydrogens (tertiary/aromatic N) is 4. The fraction of sp³-hybridized carbons (Fsp3) is 0.286. The van der Waals surface area contributed by atoms with E-state index in [-0.39, 0.29) is 11.1 Å². The Morgan fingerprint density at radius 2 is 1.94 bits per heavy atom. The quantitative estimate of drug-likeness (QED) is 0.475. The molecule has 1 aromatic heterocycles. The Balaban J connectivity index is 1.44. The summed E-state index contributed by atoms with van der Waals surface area (Å²) in [5, 5.41) is 14.7. The molecule has 3 aromatic carbocycles. The van der Waals surface area contributed by atoms with Gasteiger partial charge in [0.1, 0.15) is 11.9 Å². The highest BCUT2D eigenvalue weighted by Gasteiger charge is 2.46. The van der Waals surface area contributed by atoms with E-state index in [9.17, 15) is 9.65 Å². The van der Waals surface area contributed by atoms with Crippen LogP contribution in [0.15, 0.2) is 60.8 Å². The first-order chi connectivity index (χ1) is 16.4. The van der Waals surface area contributed by atoms with Gasteiger partial charge in [-0.05, 0) is 77.4 Å². The Kier molecular flexibility index (Phi) is 4.80. The molecule has 2 atom stereocenters. The van der Waals surface area contributed by atoms with E-state index in [1.165, 1.54) is 11.6 Å². The van der Waals surface area contributed by atoms with E-state index in [0.29, 0.717) is 6.04 Å². The molecule has 5 nitrogen and oxygen atoms in total. The van der Waals surface area contributed by atoms with Crippen molar-refractivity contribution in [2.24, 2.45) is 12.8 Å². The molecule has 6 rings (SSSR count). The molecular formula is C28H26FN5. The van der Waals surface area contributed by atoms with Crippen molar-refractivity contribution < 1.29 is 4.39 Å². The zero-order valence-electron chi connectivity index (χ0n) is 19.1. The lowest BCUT2D eigenvalue weighted by Gasteiger charge is -2.30. The third-order valence-corrected chi connectivity index (χ3v) is 7.45. The summed E-state index contributed by atoms with van der Waals surface area (Å²) in [5.41, 5.74) is 12.5. The lowest BCUT2D eigenvalue weighted by atomic mass is 9.91. The molecule has 2 heterocycles. The summed E-state index contributed by atoms with van der Waals surface area (Å²) in [4.78, 5) is 2.49. The normalized spacial score (nSPS) is 21.9. The zero-order valence-corrected chi connectivity index (χ0v) is 19.1. The predicted octanol–water partition coefficient (Wildman–Crippen LogP) is 4.98. The van der Waals surface area contributed by atoms with Gasteiger partial charge < -0.3 is 5.73 Å². The van der Waals surface area contributed by atoms with E-state index in [4.69, 9.17) is 5.73 Å². The van der Waals surface area contributed by atoms with Gasteiger partial charge in [0.05, 0.1) is 11.1 Å². The highest BCUT2D eigenvalue weighted by molar-refractivity contribution is 5.90. The molecular weight excluding hydrogens is 425 g/mol. The van der Waals surface area contributed by atoms with Crippen molar-refractivity contribution in [1.82, 2.24) is 14.7 Å². The van der Waals surface area contributed by atoms with Gasteiger partial charge in [0.25, 0.3) is 0 Å². The average Bonchev–Trinajstić information content (AvgIpc) is 3.48. The largest absolute Gasteiger partial charge is 0.324 e. The number of hydrogen-bond donors (Lipinski definition) is 1. The Bertz CT molecular complexity index is 1470. The summed E-state index contributed by atoms with van der Waals surface area (Å²) in [5.74, 6) is -0.499. The fourth-order valence-corrected chi connectivity index (χ4v) is 5.81. The lowest BCUT2D eigenvalue weighted by Crippen LogP contribution is -2.44. The second kappa shape index (κ2) is 7.76. The summed E-state index contributed by atoms with van der Waals surface area (Å²) >= 11 is 0. The smallest absolute Gasteiger partial charge is 0.141 e. The van der Waals surface area contributed by atoms with Gasteiger partial charge in [-0.3, -0.25) is 9.58 Å². The molecule has 1 saturated heterocycles. The Labute approximate surface area is 198 Å². The van der Waals surface area contributed by atoms with Crippen molar-refractivity contribution in [2.75, 3.05) is 6.54 Å². The molecule has 6 heteroatoms. The van der Waals surface area contributed by atoms with Crippen LogP contribution in [0.5, 0.6) is 0 Å². The Hall–Kier alpha value is -3.53. The summed E-state index contributed by atoms with van der Waals surface area (Å²) in [6.45, 7) is 1.76. The minimum Gasteiger partial charge on any atom is -0.324 e. The van der Waals surface area contributed by atoms with Crippen LogP contribution in [0.1, 0.15) is 30.4 Å². The fourth-order valence-electron chi connectivity index (χ4n) is 5.81. The van der Waals surface area contributed by atoms with Crippen LogP contribution in [-0.4, -0.2) is 32.8 Å². The van der Waals surface area contributed by atoms with E-state index in [1.54, 1.807) is 6.07 Å². The molecule has 34 heavy (non-hydrogen) atoms. The first kappa shape index (κ1) is 21.0. The molecule has 1 aliphatic carbocycles. The van der Waals surface area contributed by atoms with Crippen molar-refractivity contribution in [3.63, 3.8) is 0 Å². The number of nitrogens with two attached hydrogens (primary N) is 1. The van der Waals surface area contributed by atoms with Gasteiger partial charge in [0, 0.05) is 43.3 Å². The number of aromatic nitrogens is 2. The molecule has 2 N–H and O–H groups in total.